The summed E-state index contributed by atoms with van der Waals surface area (Å²) in [5, 5.41) is 12.3. The van der Waals surface area contributed by atoms with Gasteiger partial charge < -0.3 is 10.2 Å². The highest BCUT2D eigenvalue weighted by Gasteiger charge is 2.24. The SMILES string of the molecule is CCc1ccc(C(=O)N(CCC(=O)Nc2nnc(-c3ccccc3)s2)[C@H](C)c2ccccc2)cc1. The van der Waals surface area contributed by atoms with Crippen LogP contribution < -0.4 is 5.32 Å². The number of hydrogen-bond donors (Lipinski definition) is 1. The van der Waals surface area contributed by atoms with E-state index < -0.39 is 0 Å². The third-order valence-electron chi connectivity index (χ3n) is 5.89. The van der Waals surface area contributed by atoms with Gasteiger partial charge >= 0.3 is 0 Å². The van der Waals surface area contributed by atoms with Crippen molar-refractivity contribution in [1.29, 1.82) is 0 Å². The van der Waals surface area contributed by atoms with Gasteiger partial charge in [-0.2, -0.15) is 0 Å². The van der Waals surface area contributed by atoms with Crippen LogP contribution in [-0.4, -0.2) is 33.5 Å². The largest absolute Gasteiger partial charge is 0.331 e. The average molecular weight is 485 g/mol. The van der Waals surface area contributed by atoms with E-state index in [1.54, 1.807) is 4.90 Å². The zero-order chi connectivity index (χ0) is 24.6. The maximum atomic E-state index is 13.5. The van der Waals surface area contributed by atoms with E-state index in [0.29, 0.717) is 10.7 Å². The van der Waals surface area contributed by atoms with Crippen molar-refractivity contribution in [1.82, 2.24) is 15.1 Å². The number of nitrogens with one attached hydrogen (secondary N) is 1. The summed E-state index contributed by atoms with van der Waals surface area (Å²) in [7, 11) is 0. The third kappa shape index (κ3) is 6.19. The second-order valence-corrected chi connectivity index (χ2v) is 9.19. The molecule has 178 valence electrons. The first-order chi connectivity index (χ1) is 17.0. The van der Waals surface area contributed by atoms with Crippen molar-refractivity contribution >= 4 is 28.3 Å². The molecule has 1 N–H and O–H groups in total. The molecule has 0 aliphatic carbocycles. The van der Waals surface area contributed by atoms with Crippen LogP contribution in [0.25, 0.3) is 10.6 Å². The molecule has 0 saturated carbocycles. The molecule has 35 heavy (non-hydrogen) atoms. The van der Waals surface area contributed by atoms with Gasteiger partial charge in [-0.05, 0) is 36.6 Å². The van der Waals surface area contributed by atoms with Crippen molar-refractivity contribution in [3.8, 4) is 10.6 Å². The molecule has 0 radical (unpaired) electrons. The Hall–Kier alpha value is -3.84. The molecule has 2 amide bonds. The Balaban J connectivity index is 1.46. The van der Waals surface area contributed by atoms with Crippen LogP contribution in [0.5, 0.6) is 0 Å². The molecule has 1 atom stereocenters. The number of nitrogens with zero attached hydrogens (tertiary/aromatic N) is 3. The summed E-state index contributed by atoms with van der Waals surface area (Å²) < 4.78 is 0. The summed E-state index contributed by atoms with van der Waals surface area (Å²) in [6, 6.07) is 27.1. The van der Waals surface area contributed by atoms with Crippen molar-refractivity contribution in [3.63, 3.8) is 0 Å². The smallest absolute Gasteiger partial charge is 0.254 e. The first-order valence-electron chi connectivity index (χ1n) is 11.7. The standard InChI is InChI=1S/C28H28N4O2S/c1-3-21-14-16-24(17-15-21)27(34)32(20(2)22-10-6-4-7-11-22)19-18-25(33)29-28-31-30-26(35-28)23-12-8-5-9-13-23/h4-17,20H,3,18-19H2,1-2H3,(H,29,31,33)/t20-/m1/s1. The fourth-order valence-electron chi connectivity index (χ4n) is 3.81. The first kappa shape index (κ1) is 24.3. The molecule has 0 aliphatic rings. The minimum absolute atomic E-state index is 0.0981. The van der Waals surface area contributed by atoms with Crippen molar-refractivity contribution in [2.45, 2.75) is 32.7 Å². The molecular formula is C28H28N4O2S. The number of hydrogen-bond acceptors (Lipinski definition) is 5. The van der Waals surface area contributed by atoms with Gasteiger partial charge in [0.05, 0.1) is 6.04 Å². The van der Waals surface area contributed by atoms with E-state index in [1.807, 2.05) is 91.9 Å². The summed E-state index contributed by atoms with van der Waals surface area (Å²) >= 11 is 1.32. The zero-order valence-electron chi connectivity index (χ0n) is 19.8. The second-order valence-electron chi connectivity index (χ2n) is 8.21. The lowest BCUT2D eigenvalue weighted by Gasteiger charge is -2.30. The van der Waals surface area contributed by atoms with Crippen LogP contribution in [-0.2, 0) is 11.2 Å². The summed E-state index contributed by atoms with van der Waals surface area (Å²) in [6.45, 7) is 4.35. The molecule has 7 heteroatoms. The van der Waals surface area contributed by atoms with Crippen molar-refractivity contribution in [2.75, 3.05) is 11.9 Å². The molecule has 0 unspecified atom stereocenters. The highest BCUT2D eigenvalue weighted by atomic mass is 32.1. The Morgan fingerprint density at radius 2 is 1.57 bits per heavy atom. The summed E-state index contributed by atoms with van der Waals surface area (Å²) in [5.74, 6) is -0.306. The van der Waals surface area contributed by atoms with Crippen LogP contribution in [0.1, 0.15) is 47.8 Å². The van der Waals surface area contributed by atoms with Crippen LogP contribution in [0.2, 0.25) is 0 Å². The predicted octanol–water partition coefficient (Wildman–Crippen LogP) is 6.00. The Morgan fingerprint density at radius 1 is 0.914 bits per heavy atom. The third-order valence-corrected chi connectivity index (χ3v) is 6.78. The van der Waals surface area contributed by atoms with Gasteiger partial charge in [-0.15, -0.1) is 10.2 Å². The summed E-state index contributed by atoms with van der Waals surface area (Å²) in [5.41, 5.74) is 3.76. The highest BCUT2D eigenvalue weighted by Crippen LogP contribution is 2.26. The van der Waals surface area contributed by atoms with Crippen LogP contribution in [0.15, 0.2) is 84.9 Å². The maximum absolute atomic E-state index is 13.5. The van der Waals surface area contributed by atoms with Gasteiger partial charge in [-0.3, -0.25) is 9.59 Å². The van der Waals surface area contributed by atoms with E-state index in [4.69, 9.17) is 0 Å². The van der Waals surface area contributed by atoms with Crippen LogP contribution >= 0.6 is 11.3 Å². The van der Waals surface area contributed by atoms with Crippen LogP contribution in [0.3, 0.4) is 0 Å². The minimum atomic E-state index is -0.208. The molecule has 4 rings (SSSR count). The van der Waals surface area contributed by atoms with Crippen LogP contribution in [0.4, 0.5) is 5.13 Å². The Bertz CT molecular complexity index is 1260. The maximum Gasteiger partial charge on any atom is 0.254 e. The van der Waals surface area contributed by atoms with Gasteiger partial charge in [0.2, 0.25) is 11.0 Å². The zero-order valence-corrected chi connectivity index (χ0v) is 20.7. The van der Waals surface area contributed by atoms with Gasteiger partial charge in [0.25, 0.3) is 5.91 Å². The van der Waals surface area contributed by atoms with Crippen LogP contribution in [0, 0.1) is 0 Å². The van der Waals surface area contributed by atoms with E-state index in [0.717, 1.165) is 22.6 Å². The molecule has 0 bridgehead atoms. The summed E-state index contributed by atoms with van der Waals surface area (Å²) in [4.78, 5) is 28.0. The number of aryl methyl sites for hydroxylation is 1. The molecule has 3 aromatic carbocycles. The molecular weight excluding hydrogens is 456 g/mol. The molecule has 1 aromatic heterocycles. The molecule has 6 nitrogen and oxygen atoms in total. The molecule has 0 saturated heterocycles. The Labute approximate surface area is 209 Å². The molecule has 1 heterocycles. The lowest BCUT2D eigenvalue weighted by Crippen LogP contribution is -2.36. The number of rotatable bonds is 9. The van der Waals surface area contributed by atoms with E-state index in [2.05, 4.69) is 22.4 Å². The number of carbonyl (C=O) groups excluding carboxylic acids is 2. The average Bonchev–Trinajstić information content (AvgIpc) is 3.38. The fraction of sp³-hybridized carbons (Fsp3) is 0.214. The van der Waals surface area contributed by atoms with E-state index in [-0.39, 0.29) is 30.8 Å². The normalized spacial score (nSPS) is 11.6. The van der Waals surface area contributed by atoms with E-state index >= 15 is 0 Å². The van der Waals surface area contributed by atoms with Crippen molar-refractivity contribution in [2.24, 2.45) is 0 Å². The monoisotopic (exact) mass is 484 g/mol. The van der Waals surface area contributed by atoms with Gasteiger partial charge in [0.15, 0.2) is 0 Å². The summed E-state index contributed by atoms with van der Waals surface area (Å²) in [6.07, 6.45) is 1.06. The number of carbonyl (C=O) groups is 2. The molecule has 4 aromatic rings. The highest BCUT2D eigenvalue weighted by molar-refractivity contribution is 7.18. The number of anilines is 1. The Kier molecular flexibility index (Phi) is 8.00. The predicted molar refractivity (Wildman–Crippen MR) is 140 cm³/mol. The number of benzene rings is 3. The molecule has 0 spiro atoms. The van der Waals surface area contributed by atoms with Gasteiger partial charge in [0.1, 0.15) is 5.01 Å². The van der Waals surface area contributed by atoms with Crippen molar-refractivity contribution in [3.05, 3.63) is 102 Å². The second kappa shape index (κ2) is 11.5. The van der Waals surface area contributed by atoms with Gasteiger partial charge in [-0.1, -0.05) is 91.1 Å². The number of aromatic nitrogens is 2. The minimum Gasteiger partial charge on any atom is -0.331 e. The first-order valence-corrected chi connectivity index (χ1v) is 12.5. The molecule has 0 aliphatic heterocycles. The topological polar surface area (TPSA) is 75.2 Å². The quantitative estimate of drug-likeness (QED) is 0.316. The Morgan fingerprint density at radius 3 is 2.23 bits per heavy atom. The lowest BCUT2D eigenvalue weighted by molar-refractivity contribution is -0.116. The fourth-order valence-corrected chi connectivity index (χ4v) is 4.57. The van der Waals surface area contributed by atoms with Crippen molar-refractivity contribution < 1.29 is 9.59 Å². The van der Waals surface area contributed by atoms with Gasteiger partial charge in [0, 0.05) is 24.1 Å². The van der Waals surface area contributed by atoms with E-state index in [1.165, 1.54) is 16.9 Å². The van der Waals surface area contributed by atoms with E-state index in [9.17, 15) is 9.59 Å². The molecule has 0 fully saturated rings. The lowest BCUT2D eigenvalue weighted by atomic mass is 10.0. The number of amides is 2. The van der Waals surface area contributed by atoms with Gasteiger partial charge in [-0.25, -0.2) is 0 Å².